The molecule has 1 amide bonds. The molecule has 27 heavy (non-hydrogen) atoms. The second-order valence-corrected chi connectivity index (χ2v) is 7.89. The van der Waals surface area contributed by atoms with E-state index in [1.165, 1.54) is 0 Å². The highest BCUT2D eigenvalue weighted by atomic mass is 35.5. The third kappa shape index (κ3) is 4.31. The molecule has 3 aromatic rings. The Kier molecular flexibility index (Phi) is 5.13. The van der Waals surface area contributed by atoms with Crippen molar-refractivity contribution in [2.75, 3.05) is 5.32 Å². The van der Waals surface area contributed by atoms with E-state index < -0.39 is 0 Å². The van der Waals surface area contributed by atoms with E-state index in [1.54, 1.807) is 23.9 Å². The molecule has 0 radical (unpaired) electrons. The molecule has 8 heteroatoms. The first kappa shape index (κ1) is 18.0. The molecular weight excluding hydrogens is 382 g/mol. The van der Waals surface area contributed by atoms with Crippen LogP contribution in [0, 0.1) is 6.92 Å². The van der Waals surface area contributed by atoms with Crippen molar-refractivity contribution < 1.29 is 4.79 Å². The van der Waals surface area contributed by atoms with E-state index in [0.717, 1.165) is 40.6 Å². The predicted octanol–water partition coefficient (Wildman–Crippen LogP) is 4.51. The summed E-state index contributed by atoms with van der Waals surface area (Å²) >= 11 is 7.63. The second-order valence-electron chi connectivity index (χ2n) is 6.54. The maximum Gasteiger partial charge on any atom is 0.255 e. The van der Waals surface area contributed by atoms with E-state index in [2.05, 4.69) is 20.8 Å². The first-order valence-corrected chi connectivity index (χ1v) is 10.0. The van der Waals surface area contributed by atoms with Gasteiger partial charge in [-0.25, -0.2) is 4.68 Å². The normalized spacial score (nSPS) is 13.6. The van der Waals surface area contributed by atoms with Crippen molar-refractivity contribution >= 4 is 35.0 Å². The summed E-state index contributed by atoms with van der Waals surface area (Å²) in [5.41, 5.74) is 3.38. The summed E-state index contributed by atoms with van der Waals surface area (Å²) in [5, 5.41) is 16.3. The number of carbonyl (C=O) groups is 1. The molecule has 0 bridgehead atoms. The van der Waals surface area contributed by atoms with Gasteiger partial charge in [-0.1, -0.05) is 35.5 Å². The molecule has 4 rings (SSSR count). The van der Waals surface area contributed by atoms with Crippen LogP contribution in [0.4, 0.5) is 5.69 Å². The molecule has 1 fully saturated rings. The zero-order valence-corrected chi connectivity index (χ0v) is 16.3. The Hall–Kier alpha value is -2.38. The number of hydrogen-bond acceptors (Lipinski definition) is 5. The van der Waals surface area contributed by atoms with Gasteiger partial charge in [0.05, 0.1) is 6.04 Å². The Balaban J connectivity index is 1.37. The van der Waals surface area contributed by atoms with E-state index in [-0.39, 0.29) is 5.91 Å². The van der Waals surface area contributed by atoms with Gasteiger partial charge in [0.2, 0.25) is 5.16 Å². The number of hydrogen-bond donors (Lipinski definition) is 1. The monoisotopic (exact) mass is 399 g/mol. The molecule has 6 nitrogen and oxygen atoms in total. The highest BCUT2D eigenvalue weighted by Gasteiger charge is 2.27. The van der Waals surface area contributed by atoms with Crippen molar-refractivity contribution in [2.45, 2.75) is 36.7 Å². The van der Waals surface area contributed by atoms with Crippen LogP contribution in [0.25, 0.3) is 0 Å². The molecule has 1 aromatic heterocycles. The van der Waals surface area contributed by atoms with Gasteiger partial charge in [0, 0.05) is 22.0 Å². The lowest BCUT2D eigenvalue weighted by Crippen LogP contribution is -2.11. The van der Waals surface area contributed by atoms with Crippen molar-refractivity contribution in [3.8, 4) is 0 Å². The van der Waals surface area contributed by atoms with Crippen molar-refractivity contribution in [3.63, 3.8) is 0 Å². The summed E-state index contributed by atoms with van der Waals surface area (Å²) in [6.45, 7) is 1.91. The van der Waals surface area contributed by atoms with E-state index in [0.29, 0.717) is 16.6 Å². The lowest BCUT2D eigenvalue weighted by Gasteiger charge is -2.08. The summed E-state index contributed by atoms with van der Waals surface area (Å²) in [7, 11) is 0. The lowest BCUT2D eigenvalue weighted by atomic mass is 10.1. The number of thioether (sulfide) groups is 1. The van der Waals surface area contributed by atoms with Crippen molar-refractivity contribution in [2.24, 2.45) is 0 Å². The van der Waals surface area contributed by atoms with Gasteiger partial charge in [-0.3, -0.25) is 4.79 Å². The maximum atomic E-state index is 12.4. The lowest BCUT2D eigenvalue weighted by molar-refractivity contribution is 0.102. The molecule has 2 aromatic carbocycles. The van der Waals surface area contributed by atoms with Crippen molar-refractivity contribution in [1.29, 1.82) is 0 Å². The first-order chi connectivity index (χ1) is 13.1. The van der Waals surface area contributed by atoms with Gasteiger partial charge >= 0.3 is 0 Å². The Bertz CT molecular complexity index is 968. The minimum atomic E-state index is -0.145. The van der Waals surface area contributed by atoms with Gasteiger partial charge in [-0.2, -0.15) is 0 Å². The molecule has 0 aliphatic heterocycles. The quantitative estimate of drug-likeness (QED) is 0.617. The number of amides is 1. The molecule has 1 heterocycles. The van der Waals surface area contributed by atoms with Crippen LogP contribution >= 0.6 is 23.4 Å². The Morgan fingerprint density at radius 2 is 2.04 bits per heavy atom. The zero-order chi connectivity index (χ0) is 18.8. The molecule has 0 atom stereocenters. The minimum Gasteiger partial charge on any atom is -0.322 e. The van der Waals surface area contributed by atoms with Crippen LogP contribution in [0.3, 0.4) is 0 Å². The summed E-state index contributed by atoms with van der Waals surface area (Å²) in [6, 6.07) is 13.5. The number of aromatic nitrogens is 4. The van der Waals surface area contributed by atoms with Gasteiger partial charge in [-0.15, -0.1) is 5.10 Å². The SMILES string of the molecule is Cc1cc(NC(=O)c2ccc(CSc3nnnn3C3CC3)cc2)ccc1Cl. The van der Waals surface area contributed by atoms with Crippen LogP contribution < -0.4 is 5.32 Å². The van der Waals surface area contributed by atoms with Gasteiger partial charge in [0.1, 0.15) is 0 Å². The molecule has 1 saturated carbocycles. The third-order valence-electron chi connectivity index (χ3n) is 4.36. The summed E-state index contributed by atoms with van der Waals surface area (Å²) in [5.74, 6) is 0.611. The number of nitrogens with zero attached hydrogens (tertiary/aromatic N) is 4. The topological polar surface area (TPSA) is 72.7 Å². The Morgan fingerprint density at radius 3 is 2.74 bits per heavy atom. The van der Waals surface area contributed by atoms with Crippen molar-refractivity contribution in [3.05, 3.63) is 64.2 Å². The number of aryl methyl sites for hydroxylation is 1. The fourth-order valence-electron chi connectivity index (χ4n) is 2.65. The largest absolute Gasteiger partial charge is 0.322 e. The van der Waals surface area contributed by atoms with Crippen molar-refractivity contribution in [1.82, 2.24) is 20.2 Å². The average molecular weight is 400 g/mol. The van der Waals surface area contributed by atoms with E-state index >= 15 is 0 Å². The average Bonchev–Trinajstić information content (AvgIpc) is 3.41. The molecule has 1 aliphatic carbocycles. The first-order valence-electron chi connectivity index (χ1n) is 8.67. The smallest absolute Gasteiger partial charge is 0.255 e. The van der Waals surface area contributed by atoms with E-state index in [9.17, 15) is 4.79 Å². The molecular formula is C19H18ClN5OS. The minimum absolute atomic E-state index is 0.145. The van der Waals surface area contributed by atoms with Crippen LogP contribution in [0.15, 0.2) is 47.6 Å². The van der Waals surface area contributed by atoms with Crippen LogP contribution in [0.2, 0.25) is 5.02 Å². The highest BCUT2D eigenvalue weighted by molar-refractivity contribution is 7.98. The van der Waals surface area contributed by atoms with E-state index in [1.807, 2.05) is 41.9 Å². The predicted molar refractivity (Wildman–Crippen MR) is 106 cm³/mol. The highest BCUT2D eigenvalue weighted by Crippen LogP contribution is 2.36. The number of halogens is 1. The molecule has 0 unspecified atom stereocenters. The van der Waals surface area contributed by atoms with Crippen LogP contribution in [-0.4, -0.2) is 26.1 Å². The number of carbonyl (C=O) groups excluding carboxylic acids is 1. The third-order valence-corrected chi connectivity index (χ3v) is 5.78. The fourth-order valence-corrected chi connectivity index (χ4v) is 3.67. The summed E-state index contributed by atoms with van der Waals surface area (Å²) in [6.07, 6.45) is 2.30. The Labute approximate surface area is 166 Å². The summed E-state index contributed by atoms with van der Waals surface area (Å²) < 4.78 is 1.90. The number of nitrogens with one attached hydrogen (secondary N) is 1. The fraction of sp³-hybridized carbons (Fsp3) is 0.263. The molecule has 1 N–H and O–H groups in total. The van der Waals surface area contributed by atoms with Gasteiger partial charge in [0.25, 0.3) is 5.91 Å². The van der Waals surface area contributed by atoms with Gasteiger partial charge in [-0.05, 0) is 71.7 Å². The molecule has 138 valence electrons. The van der Waals surface area contributed by atoms with Crippen LogP contribution in [-0.2, 0) is 5.75 Å². The number of anilines is 1. The molecule has 0 spiro atoms. The van der Waals surface area contributed by atoms with Crippen LogP contribution in [0.1, 0.15) is 40.4 Å². The maximum absolute atomic E-state index is 12.4. The van der Waals surface area contributed by atoms with Gasteiger partial charge in [0.15, 0.2) is 0 Å². The molecule has 0 saturated heterocycles. The number of rotatable bonds is 6. The number of benzene rings is 2. The second kappa shape index (κ2) is 7.70. The summed E-state index contributed by atoms with van der Waals surface area (Å²) in [4.78, 5) is 12.4. The van der Waals surface area contributed by atoms with E-state index in [4.69, 9.17) is 11.6 Å². The zero-order valence-electron chi connectivity index (χ0n) is 14.7. The number of tetrazole rings is 1. The standard InChI is InChI=1S/C19H18ClN5OS/c1-12-10-15(6-9-17(12)20)21-18(26)14-4-2-13(3-5-14)11-27-19-22-23-24-25(19)16-7-8-16/h2-6,9-10,16H,7-8,11H2,1H3,(H,21,26). The van der Waals surface area contributed by atoms with Gasteiger partial charge < -0.3 is 5.32 Å². The molecule has 1 aliphatic rings. The van der Waals surface area contributed by atoms with Crippen LogP contribution in [0.5, 0.6) is 0 Å². The Morgan fingerprint density at radius 1 is 1.26 bits per heavy atom.